The van der Waals surface area contributed by atoms with Crippen molar-refractivity contribution in [3.63, 3.8) is 0 Å². The van der Waals surface area contributed by atoms with Gasteiger partial charge < -0.3 is 9.64 Å². The molecule has 1 aliphatic rings. The molecular formula is C17H15F3N2O2. The molecule has 4 nitrogen and oxygen atoms in total. The Kier molecular flexibility index (Phi) is 4.42. The first-order chi connectivity index (χ1) is 11.4. The molecule has 3 rings (SSSR count). The van der Waals surface area contributed by atoms with Gasteiger partial charge in [0.05, 0.1) is 17.7 Å². The lowest BCUT2D eigenvalue weighted by Gasteiger charge is -2.19. The van der Waals surface area contributed by atoms with Crippen LogP contribution in [0.3, 0.4) is 0 Å². The Morgan fingerprint density at radius 1 is 1.17 bits per heavy atom. The predicted octanol–water partition coefficient (Wildman–Crippen LogP) is 3.39. The molecule has 2 aromatic rings. The number of halogens is 3. The van der Waals surface area contributed by atoms with E-state index >= 15 is 0 Å². The van der Waals surface area contributed by atoms with E-state index in [1.165, 1.54) is 23.1 Å². The number of amides is 1. The first kappa shape index (κ1) is 16.3. The van der Waals surface area contributed by atoms with Gasteiger partial charge in [0.15, 0.2) is 0 Å². The average molecular weight is 336 g/mol. The fraction of sp³-hybridized carbons (Fsp3) is 0.294. The second-order valence-electron chi connectivity index (χ2n) is 5.51. The fourth-order valence-electron chi connectivity index (χ4n) is 2.71. The van der Waals surface area contributed by atoms with Gasteiger partial charge in [0.1, 0.15) is 11.9 Å². The topological polar surface area (TPSA) is 42.4 Å². The average Bonchev–Trinajstić information content (AvgIpc) is 3.03. The Hall–Kier alpha value is -2.57. The summed E-state index contributed by atoms with van der Waals surface area (Å²) in [5, 5.41) is 0. The van der Waals surface area contributed by atoms with E-state index in [2.05, 4.69) is 4.98 Å². The Morgan fingerprint density at radius 2 is 1.88 bits per heavy atom. The summed E-state index contributed by atoms with van der Waals surface area (Å²) in [6.07, 6.45) is -1.05. The van der Waals surface area contributed by atoms with Crippen molar-refractivity contribution in [1.29, 1.82) is 0 Å². The van der Waals surface area contributed by atoms with Crippen LogP contribution in [0.5, 0.6) is 5.75 Å². The van der Waals surface area contributed by atoms with E-state index in [9.17, 15) is 18.0 Å². The summed E-state index contributed by atoms with van der Waals surface area (Å²) in [4.78, 5) is 17.8. The van der Waals surface area contributed by atoms with Crippen molar-refractivity contribution in [3.05, 3.63) is 59.9 Å². The molecule has 0 N–H and O–H groups in total. The van der Waals surface area contributed by atoms with Crippen molar-refractivity contribution < 1.29 is 22.7 Å². The molecule has 1 amide bonds. The maximum atomic E-state index is 13.1. The van der Waals surface area contributed by atoms with Gasteiger partial charge in [-0.1, -0.05) is 12.1 Å². The molecule has 0 saturated carbocycles. The van der Waals surface area contributed by atoms with Gasteiger partial charge in [-0.15, -0.1) is 0 Å². The molecule has 1 saturated heterocycles. The van der Waals surface area contributed by atoms with Gasteiger partial charge in [-0.05, 0) is 24.3 Å². The van der Waals surface area contributed by atoms with Crippen LogP contribution >= 0.6 is 0 Å². The molecule has 1 aromatic heterocycles. The number of nitrogens with zero attached hydrogens (tertiary/aromatic N) is 2. The minimum atomic E-state index is -4.56. The van der Waals surface area contributed by atoms with E-state index in [0.717, 1.165) is 6.07 Å². The Labute approximate surface area is 136 Å². The van der Waals surface area contributed by atoms with Gasteiger partial charge in [0, 0.05) is 25.4 Å². The highest BCUT2D eigenvalue weighted by Gasteiger charge is 2.37. The highest BCUT2D eigenvalue weighted by atomic mass is 19.4. The van der Waals surface area contributed by atoms with Crippen LogP contribution in [0.1, 0.15) is 22.3 Å². The van der Waals surface area contributed by atoms with Crippen molar-refractivity contribution in [2.45, 2.75) is 18.7 Å². The number of carbonyl (C=O) groups is 1. The highest BCUT2D eigenvalue weighted by molar-refractivity contribution is 5.96. The van der Waals surface area contributed by atoms with Crippen LogP contribution in [0.4, 0.5) is 13.2 Å². The number of pyridine rings is 1. The van der Waals surface area contributed by atoms with Crippen molar-refractivity contribution in [2.24, 2.45) is 0 Å². The molecule has 1 aliphatic heterocycles. The van der Waals surface area contributed by atoms with E-state index in [1.807, 2.05) is 0 Å². The van der Waals surface area contributed by atoms with E-state index in [0.29, 0.717) is 18.7 Å². The molecule has 2 heterocycles. The number of carbonyl (C=O) groups excluding carboxylic acids is 1. The van der Waals surface area contributed by atoms with Crippen LogP contribution in [0.15, 0.2) is 48.8 Å². The minimum absolute atomic E-state index is 0.241. The van der Waals surface area contributed by atoms with E-state index in [1.54, 1.807) is 24.5 Å². The monoisotopic (exact) mass is 336 g/mol. The Bertz CT molecular complexity index is 719. The molecule has 0 bridgehead atoms. The van der Waals surface area contributed by atoms with Gasteiger partial charge in [-0.2, -0.15) is 13.2 Å². The summed E-state index contributed by atoms with van der Waals surface area (Å²) in [5.41, 5.74) is -1.23. The quantitative estimate of drug-likeness (QED) is 0.863. The molecule has 0 aliphatic carbocycles. The third kappa shape index (κ3) is 3.50. The molecular weight excluding hydrogens is 321 g/mol. The number of ether oxygens (including phenoxy) is 1. The molecule has 0 unspecified atom stereocenters. The summed E-state index contributed by atoms with van der Waals surface area (Å²) in [6, 6.07) is 8.24. The van der Waals surface area contributed by atoms with E-state index < -0.39 is 17.6 Å². The number of benzene rings is 1. The fourth-order valence-corrected chi connectivity index (χ4v) is 2.71. The van der Waals surface area contributed by atoms with Gasteiger partial charge in [0.25, 0.3) is 5.91 Å². The van der Waals surface area contributed by atoms with Crippen LogP contribution in [-0.2, 0) is 6.18 Å². The second-order valence-corrected chi connectivity index (χ2v) is 5.51. The summed E-state index contributed by atoms with van der Waals surface area (Å²) in [5.74, 6) is 0.00347. The van der Waals surface area contributed by atoms with Crippen LogP contribution < -0.4 is 4.74 Å². The first-order valence-corrected chi connectivity index (χ1v) is 7.47. The number of hydrogen-bond donors (Lipinski definition) is 0. The summed E-state index contributed by atoms with van der Waals surface area (Å²) < 4.78 is 44.9. The lowest BCUT2D eigenvalue weighted by Crippen LogP contribution is -2.32. The molecule has 126 valence electrons. The van der Waals surface area contributed by atoms with Crippen LogP contribution in [0.25, 0.3) is 0 Å². The van der Waals surface area contributed by atoms with Crippen molar-refractivity contribution >= 4 is 5.91 Å². The maximum absolute atomic E-state index is 13.1. The van der Waals surface area contributed by atoms with Gasteiger partial charge in [-0.25, -0.2) is 0 Å². The molecule has 0 radical (unpaired) electrons. The summed E-state index contributed by atoms with van der Waals surface area (Å²) >= 11 is 0. The van der Waals surface area contributed by atoms with Crippen molar-refractivity contribution in [2.75, 3.05) is 13.1 Å². The number of likely N-dealkylation sites (tertiary alicyclic amines) is 1. The largest absolute Gasteiger partial charge is 0.488 e. The number of hydrogen-bond acceptors (Lipinski definition) is 3. The second kappa shape index (κ2) is 6.51. The maximum Gasteiger partial charge on any atom is 0.417 e. The first-order valence-electron chi connectivity index (χ1n) is 7.47. The lowest BCUT2D eigenvalue weighted by molar-refractivity contribution is -0.138. The van der Waals surface area contributed by atoms with Crippen molar-refractivity contribution in [1.82, 2.24) is 9.88 Å². The van der Waals surface area contributed by atoms with Gasteiger partial charge in [-0.3, -0.25) is 9.78 Å². The van der Waals surface area contributed by atoms with Gasteiger partial charge in [0.2, 0.25) is 0 Å². The standard InChI is InChI=1S/C17H15F3N2O2/c18-17(19,20)15-4-2-1-3-14(15)16(23)22-10-7-13(11-22)24-12-5-8-21-9-6-12/h1-6,8-9,13H,7,10-11H2/t13-/m1/s1. The predicted molar refractivity (Wildman–Crippen MR) is 80.6 cm³/mol. The Morgan fingerprint density at radius 3 is 2.58 bits per heavy atom. The van der Waals surface area contributed by atoms with Crippen molar-refractivity contribution in [3.8, 4) is 5.75 Å². The SMILES string of the molecule is O=C(c1ccccc1C(F)(F)F)N1CC[C@@H](Oc2ccncc2)C1. The zero-order chi connectivity index (χ0) is 17.2. The van der Waals surface area contributed by atoms with Crippen LogP contribution in [0, 0.1) is 0 Å². The third-order valence-electron chi connectivity index (χ3n) is 3.85. The highest BCUT2D eigenvalue weighted by Crippen LogP contribution is 2.33. The summed E-state index contributed by atoms with van der Waals surface area (Å²) in [7, 11) is 0. The zero-order valence-electron chi connectivity index (χ0n) is 12.7. The van der Waals surface area contributed by atoms with Crippen LogP contribution in [-0.4, -0.2) is 35.0 Å². The molecule has 1 fully saturated rings. The molecule has 1 aromatic carbocycles. The molecule has 24 heavy (non-hydrogen) atoms. The molecule has 7 heteroatoms. The van der Waals surface area contributed by atoms with E-state index in [-0.39, 0.29) is 18.2 Å². The lowest BCUT2D eigenvalue weighted by atomic mass is 10.1. The number of rotatable bonds is 3. The van der Waals surface area contributed by atoms with Crippen LogP contribution in [0.2, 0.25) is 0 Å². The number of aromatic nitrogens is 1. The number of alkyl halides is 3. The third-order valence-corrected chi connectivity index (χ3v) is 3.85. The smallest absolute Gasteiger partial charge is 0.417 e. The zero-order valence-corrected chi connectivity index (χ0v) is 12.7. The minimum Gasteiger partial charge on any atom is -0.488 e. The van der Waals surface area contributed by atoms with E-state index in [4.69, 9.17) is 4.74 Å². The summed E-state index contributed by atoms with van der Waals surface area (Å²) in [6.45, 7) is 0.619. The normalized spacial score (nSPS) is 17.8. The van der Waals surface area contributed by atoms with Gasteiger partial charge >= 0.3 is 6.18 Å². The molecule has 1 atom stereocenters. The Balaban J connectivity index is 1.71. The molecule has 0 spiro atoms.